The SMILES string of the molecule is C[NH+](CC(=O)Nc1ccc(F)cc1)CC(=O)N(C1CCCC1)[C@H]1CCS(=O)(=O)C1. The predicted molar refractivity (Wildman–Crippen MR) is 108 cm³/mol. The molecule has 1 heterocycles. The smallest absolute Gasteiger partial charge is 0.279 e. The van der Waals surface area contributed by atoms with E-state index in [4.69, 9.17) is 0 Å². The Kier molecular flexibility index (Phi) is 6.89. The number of sulfone groups is 1. The summed E-state index contributed by atoms with van der Waals surface area (Å²) in [4.78, 5) is 27.8. The van der Waals surface area contributed by atoms with Crippen LogP contribution in [0.3, 0.4) is 0 Å². The van der Waals surface area contributed by atoms with Crippen LogP contribution in [0.15, 0.2) is 24.3 Å². The molecule has 1 unspecified atom stereocenters. The Hall–Kier alpha value is -2.00. The molecule has 1 aromatic rings. The minimum atomic E-state index is -3.08. The lowest BCUT2D eigenvalue weighted by molar-refractivity contribution is -0.862. The second kappa shape index (κ2) is 9.21. The number of nitrogens with one attached hydrogen (secondary N) is 2. The Bertz CT molecular complexity index is 838. The summed E-state index contributed by atoms with van der Waals surface area (Å²) in [5.41, 5.74) is 0.499. The van der Waals surface area contributed by atoms with Crippen molar-refractivity contribution in [3.63, 3.8) is 0 Å². The van der Waals surface area contributed by atoms with Crippen molar-refractivity contribution in [3.8, 4) is 0 Å². The summed E-state index contributed by atoms with van der Waals surface area (Å²) in [7, 11) is -1.32. The van der Waals surface area contributed by atoms with Crippen molar-refractivity contribution in [2.75, 3.05) is 37.0 Å². The average molecular weight is 427 g/mol. The van der Waals surface area contributed by atoms with E-state index in [0.29, 0.717) is 12.1 Å². The molecule has 2 fully saturated rings. The van der Waals surface area contributed by atoms with E-state index in [9.17, 15) is 22.4 Å². The zero-order chi connectivity index (χ0) is 21.0. The highest BCUT2D eigenvalue weighted by molar-refractivity contribution is 7.91. The topological polar surface area (TPSA) is 88.0 Å². The molecule has 2 amide bonds. The Balaban J connectivity index is 1.58. The minimum absolute atomic E-state index is 0.0410. The molecule has 7 nitrogen and oxygen atoms in total. The van der Waals surface area contributed by atoms with Crippen molar-refractivity contribution < 1.29 is 27.3 Å². The van der Waals surface area contributed by atoms with Crippen LogP contribution < -0.4 is 10.2 Å². The van der Waals surface area contributed by atoms with Gasteiger partial charge in [-0.25, -0.2) is 12.8 Å². The number of amides is 2. The number of nitrogens with zero attached hydrogens (tertiary/aromatic N) is 1. The van der Waals surface area contributed by atoms with Crippen molar-refractivity contribution in [3.05, 3.63) is 30.1 Å². The molecule has 0 aromatic heterocycles. The third kappa shape index (κ3) is 5.99. The largest absolute Gasteiger partial charge is 0.331 e. The van der Waals surface area contributed by atoms with Crippen LogP contribution in [0.4, 0.5) is 10.1 Å². The number of quaternary nitrogens is 1. The average Bonchev–Trinajstić information content (AvgIpc) is 3.27. The lowest BCUT2D eigenvalue weighted by Crippen LogP contribution is -3.11. The summed E-state index contributed by atoms with van der Waals surface area (Å²) in [6.45, 7) is 0.217. The third-order valence-electron chi connectivity index (χ3n) is 5.65. The highest BCUT2D eigenvalue weighted by atomic mass is 32.2. The molecule has 0 spiro atoms. The van der Waals surface area contributed by atoms with Crippen molar-refractivity contribution in [1.82, 2.24) is 4.90 Å². The van der Waals surface area contributed by atoms with E-state index >= 15 is 0 Å². The summed E-state index contributed by atoms with van der Waals surface area (Å²) in [5.74, 6) is -0.558. The van der Waals surface area contributed by atoms with E-state index in [1.54, 1.807) is 11.9 Å². The van der Waals surface area contributed by atoms with Gasteiger partial charge in [0.05, 0.1) is 18.6 Å². The molecule has 2 N–H and O–H groups in total. The van der Waals surface area contributed by atoms with Gasteiger partial charge in [0.1, 0.15) is 5.82 Å². The zero-order valence-corrected chi connectivity index (χ0v) is 17.5. The monoisotopic (exact) mass is 426 g/mol. The van der Waals surface area contributed by atoms with Crippen LogP contribution >= 0.6 is 0 Å². The van der Waals surface area contributed by atoms with Crippen LogP contribution in [-0.4, -0.2) is 68.9 Å². The number of hydrogen-bond acceptors (Lipinski definition) is 4. The normalized spacial score (nSPS) is 22.3. The number of carbonyl (C=O) groups is 2. The maximum atomic E-state index is 13.1. The molecule has 9 heteroatoms. The second-order valence-electron chi connectivity index (χ2n) is 8.16. The first-order valence-corrected chi connectivity index (χ1v) is 11.9. The number of anilines is 1. The quantitative estimate of drug-likeness (QED) is 0.654. The van der Waals surface area contributed by atoms with Gasteiger partial charge in [-0.05, 0) is 43.5 Å². The van der Waals surface area contributed by atoms with E-state index in [1.807, 2.05) is 0 Å². The molecule has 0 radical (unpaired) electrons. The summed E-state index contributed by atoms with van der Waals surface area (Å²) >= 11 is 0. The van der Waals surface area contributed by atoms with Crippen molar-refractivity contribution >= 4 is 27.3 Å². The summed E-state index contributed by atoms with van der Waals surface area (Å²) < 4.78 is 36.8. The van der Waals surface area contributed by atoms with E-state index in [2.05, 4.69) is 5.32 Å². The fourth-order valence-corrected chi connectivity index (χ4v) is 6.02. The fraction of sp³-hybridized carbons (Fsp3) is 0.600. The first-order valence-electron chi connectivity index (χ1n) is 10.1. The number of halogens is 1. The number of rotatable bonds is 7. The molecule has 29 heavy (non-hydrogen) atoms. The van der Waals surface area contributed by atoms with Gasteiger partial charge in [-0.3, -0.25) is 9.59 Å². The number of benzene rings is 1. The Morgan fingerprint density at radius 3 is 2.34 bits per heavy atom. The van der Waals surface area contributed by atoms with Crippen LogP contribution in [0, 0.1) is 5.82 Å². The Labute approximate surface area is 171 Å². The highest BCUT2D eigenvalue weighted by Gasteiger charge is 2.39. The first-order chi connectivity index (χ1) is 13.7. The number of carbonyl (C=O) groups excluding carboxylic acids is 2. The van der Waals surface area contributed by atoms with Crippen LogP contribution in [0.25, 0.3) is 0 Å². The van der Waals surface area contributed by atoms with Crippen molar-refractivity contribution in [2.24, 2.45) is 0 Å². The maximum absolute atomic E-state index is 13.1. The van der Waals surface area contributed by atoms with Gasteiger partial charge in [-0.1, -0.05) is 12.8 Å². The van der Waals surface area contributed by atoms with Gasteiger partial charge in [-0.2, -0.15) is 0 Å². The third-order valence-corrected chi connectivity index (χ3v) is 7.40. The fourth-order valence-electron chi connectivity index (χ4n) is 4.31. The van der Waals surface area contributed by atoms with E-state index < -0.39 is 9.84 Å². The molecule has 0 bridgehead atoms. The number of likely N-dealkylation sites (N-methyl/N-ethyl adjacent to an activating group) is 1. The lowest BCUT2D eigenvalue weighted by atomic mass is 10.1. The molecule has 2 aliphatic rings. The second-order valence-corrected chi connectivity index (χ2v) is 10.4. The van der Waals surface area contributed by atoms with Gasteiger partial charge >= 0.3 is 0 Å². The molecular formula is C20H29FN3O4S+. The van der Waals surface area contributed by atoms with Gasteiger partial charge in [0.2, 0.25) is 0 Å². The summed E-state index contributed by atoms with van der Waals surface area (Å²) in [6.07, 6.45) is 4.42. The predicted octanol–water partition coefficient (Wildman–Crippen LogP) is 0.237. The van der Waals surface area contributed by atoms with Gasteiger partial charge in [0.15, 0.2) is 22.9 Å². The first kappa shape index (κ1) is 21.7. The molecule has 1 aliphatic carbocycles. The number of hydrogen-bond donors (Lipinski definition) is 2. The van der Waals surface area contributed by atoms with Crippen molar-refractivity contribution in [1.29, 1.82) is 0 Å². The lowest BCUT2D eigenvalue weighted by Gasteiger charge is -2.34. The molecule has 3 rings (SSSR count). The van der Waals surface area contributed by atoms with Gasteiger partial charge in [0.25, 0.3) is 11.8 Å². The van der Waals surface area contributed by atoms with Gasteiger partial charge in [-0.15, -0.1) is 0 Å². The van der Waals surface area contributed by atoms with Gasteiger partial charge in [0, 0.05) is 17.8 Å². The molecule has 1 saturated carbocycles. The molecule has 1 aromatic carbocycles. The van der Waals surface area contributed by atoms with Crippen LogP contribution in [0.5, 0.6) is 0 Å². The van der Waals surface area contributed by atoms with Crippen molar-refractivity contribution in [2.45, 2.75) is 44.2 Å². The van der Waals surface area contributed by atoms with E-state index in [-0.39, 0.29) is 54.3 Å². The Morgan fingerprint density at radius 2 is 1.76 bits per heavy atom. The molecular weight excluding hydrogens is 397 g/mol. The summed E-state index contributed by atoms with van der Waals surface area (Å²) in [6, 6.07) is 5.35. The van der Waals surface area contributed by atoms with Gasteiger partial charge < -0.3 is 15.1 Å². The summed E-state index contributed by atoms with van der Waals surface area (Å²) in [5, 5.41) is 2.69. The molecule has 2 atom stereocenters. The van der Waals surface area contributed by atoms with Crippen LogP contribution in [0.1, 0.15) is 32.1 Å². The van der Waals surface area contributed by atoms with E-state index in [1.165, 1.54) is 24.3 Å². The van der Waals surface area contributed by atoms with E-state index in [0.717, 1.165) is 30.6 Å². The van der Waals surface area contributed by atoms with Crippen LogP contribution in [0.2, 0.25) is 0 Å². The maximum Gasteiger partial charge on any atom is 0.279 e. The molecule has 1 saturated heterocycles. The standard InChI is InChI=1S/C20H28FN3O4S/c1-23(12-19(25)22-16-8-6-15(21)7-9-16)13-20(26)24(17-4-2-3-5-17)18-10-11-29(27,28)14-18/h6-9,17-18H,2-5,10-14H2,1H3,(H,22,25)/p+1/t18-/m0/s1. The molecule has 1 aliphatic heterocycles. The minimum Gasteiger partial charge on any atom is -0.331 e. The Morgan fingerprint density at radius 1 is 1.10 bits per heavy atom. The van der Waals surface area contributed by atoms with Crippen LogP contribution in [-0.2, 0) is 19.4 Å². The highest BCUT2D eigenvalue weighted by Crippen LogP contribution is 2.29. The zero-order valence-electron chi connectivity index (χ0n) is 16.7. The molecule has 160 valence electrons.